The second-order valence-electron chi connectivity index (χ2n) is 5.94. The van der Waals surface area contributed by atoms with Gasteiger partial charge in [0.2, 0.25) is 0 Å². The van der Waals surface area contributed by atoms with Crippen molar-refractivity contribution >= 4 is 14.7 Å². The van der Waals surface area contributed by atoms with Crippen LogP contribution in [0.2, 0.25) is 0 Å². The van der Waals surface area contributed by atoms with Gasteiger partial charge in [0.05, 0.1) is 0 Å². The molecule has 0 fully saturated rings. The minimum atomic E-state index is -2.98. The van der Waals surface area contributed by atoms with Crippen molar-refractivity contribution in [2.75, 3.05) is 24.6 Å². The first-order chi connectivity index (χ1) is 10.2. The molecule has 7 heteroatoms. The standard InChI is InChI=1S/2C8H19O2P.Zn/c2*1-3-5-7-11(9,10)8-6-4-2;/h2*3-8H2,1-2H3,(H,9,10);/q;;+2/p-2. The molecule has 23 heavy (non-hydrogen) atoms. The molecule has 0 radical (unpaired) electrons. The summed E-state index contributed by atoms with van der Waals surface area (Å²) in [6.07, 6.45) is 8.80. The summed E-state index contributed by atoms with van der Waals surface area (Å²) in [7, 11) is -5.95. The van der Waals surface area contributed by atoms with E-state index in [1.807, 2.05) is 27.7 Å². The first-order valence-electron chi connectivity index (χ1n) is 8.82. The molecule has 0 atom stereocenters. The van der Waals surface area contributed by atoms with Crippen LogP contribution in [0.1, 0.15) is 79.1 Å². The molecule has 0 aromatic carbocycles. The number of hydrogen-bond donors (Lipinski definition) is 0. The Balaban J connectivity index is -0.000000333. The summed E-state index contributed by atoms with van der Waals surface area (Å²) in [5.74, 6) is 0. The molecule has 0 saturated heterocycles. The maximum Gasteiger partial charge on any atom is 2.00 e. The average Bonchev–Trinajstić information content (AvgIpc) is 2.48. The summed E-state index contributed by atoms with van der Waals surface area (Å²) in [5.41, 5.74) is 0. The Morgan fingerprint density at radius 2 is 0.739 bits per heavy atom. The topological polar surface area (TPSA) is 80.3 Å². The van der Waals surface area contributed by atoms with E-state index >= 15 is 0 Å². The van der Waals surface area contributed by atoms with Gasteiger partial charge in [0.25, 0.3) is 0 Å². The minimum absolute atomic E-state index is 0. The van der Waals surface area contributed by atoms with Gasteiger partial charge in [0.15, 0.2) is 0 Å². The molecule has 0 heterocycles. The summed E-state index contributed by atoms with van der Waals surface area (Å²) in [6.45, 7) is 8.05. The molecular formula is C16H36O4P2Zn. The van der Waals surface area contributed by atoms with E-state index in [2.05, 4.69) is 0 Å². The van der Waals surface area contributed by atoms with E-state index in [1.54, 1.807) is 0 Å². The summed E-state index contributed by atoms with van der Waals surface area (Å²) in [4.78, 5) is 22.4. The predicted molar refractivity (Wildman–Crippen MR) is 94.3 cm³/mol. The van der Waals surface area contributed by atoms with Gasteiger partial charge >= 0.3 is 19.5 Å². The van der Waals surface area contributed by atoms with E-state index in [1.165, 1.54) is 0 Å². The summed E-state index contributed by atoms with van der Waals surface area (Å²) < 4.78 is 22.4. The Morgan fingerprint density at radius 1 is 0.565 bits per heavy atom. The van der Waals surface area contributed by atoms with Crippen LogP contribution < -0.4 is 9.79 Å². The van der Waals surface area contributed by atoms with Crippen LogP contribution in [-0.4, -0.2) is 24.6 Å². The molecule has 0 N–H and O–H groups in total. The van der Waals surface area contributed by atoms with Crippen molar-refractivity contribution in [2.24, 2.45) is 0 Å². The van der Waals surface area contributed by atoms with Crippen LogP contribution in [0.3, 0.4) is 0 Å². The van der Waals surface area contributed by atoms with Crippen LogP contribution in [-0.2, 0) is 28.6 Å². The Morgan fingerprint density at radius 3 is 0.870 bits per heavy atom. The van der Waals surface area contributed by atoms with Gasteiger partial charge in [-0.05, 0) is 50.3 Å². The van der Waals surface area contributed by atoms with Crippen LogP contribution in [0, 0.1) is 0 Å². The molecule has 0 unspecified atom stereocenters. The molecule has 136 valence electrons. The largest absolute Gasteiger partial charge is 2.00 e. The second-order valence-corrected chi connectivity index (χ2v) is 11.0. The second kappa shape index (κ2) is 17.8. The van der Waals surface area contributed by atoms with Gasteiger partial charge in [0, 0.05) is 14.7 Å². The van der Waals surface area contributed by atoms with Gasteiger partial charge in [-0.1, -0.05) is 53.4 Å². The fourth-order valence-electron chi connectivity index (χ4n) is 1.82. The van der Waals surface area contributed by atoms with Gasteiger partial charge in [-0.15, -0.1) is 0 Å². The normalized spacial score (nSPS) is 11.4. The summed E-state index contributed by atoms with van der Waals surface area (Å²) in [5, 5.41) is 0. The van der Waals surface area contributed by atoms with Gasteiger partial charge in [-0.3, -0.25) is 0 Å². The number of rotatable bonds is 12. The minimum Gasteiger partial charge on any atom is -0.799 e. The molecule has 0 aliphatic carbocycles. The van der Waals surface area contributed by atoms with Crippen molar-refractivity contribution in [3.05, 3.63) is 0 Å². The van der Waals surface area contributed by atoms with Crippen LogP contribution in [0.15, 0.2) is 0 Å². The molecule has 0 rings (SSSR count). The zero-order valence-electron chi connectivity index (χ0n) is 15.7. The first kappa shape index (κ1) is 28.8. The Labute approximate surface area is 156 Å². The Kier molecular flexibility index (Phi) is 22.3. The molecular weight excluding hydrogens is 384 g/mol. The third-order valence-electron chi connectivity index (χ3n) is 3.41. The molecule has 4 nitrogen and oxygen atoms in total. The van der Waals surface area contributed by atoms with Crippen molar-refractivity contribution < 1.29 is 38.4 Å². The van der Waals surface area contributed by atoms with Crippen LogP contribution in [0.5, 0.6) is 0 Å². The molecule has 0 spiro atoms. The van der Waals surface area contributed by atoms with Crippen LogP contribution >= 0.6 is 14.7 Å². The Hall–Kier alpha value is 1.00. The zero-order valence-corrected chi connectivity index (χ0v) is 20.5. The van der Waals surface area contributed by atoms with Gasteiger partial charge in [-0.2, -0.15) is 0 Å². The van der Waals surface area contributed by atoms with Crippen molar-refractivity contribution in [1.82, 2.24) is 0 Å². The molecule has 0 aliphatic heterocycles. The maximum absolute atomic E-state index is 11.2. The van der Waals surface area contributed by atoms with Crippen molar-refractivity contribution in [1.29, 1.82) is 0 Å². The molecule has 0 aromatic rings. The summed E-state index contributed by atoms with van der Waals surface area (Å²) in [6, 6.07) is 0. The van der Waals surface area contributed by atoms with Crippen molar-refractivity contribution in [3.63, 3.8) is 0 Å². The van der Waals surface area contributed by atoms with Crippen LogP contribution in [0.25, 0.3) is 0 Å². The zero-order chi connectivity index (χ0) is 17.5. The fourth-order valence-corrected chi connectivity index (χ4v) is 5.46. The quantitative estimate of drug-likeness (QED) is 0.346. The third kappa shape index (κ3) is 23.0. The van der Waals surface area contributed by atoms with E-state index in [9.17, 15) is 18.9 Å². The van der Waals surface area contributed by atoms with E-state index in [0.29, 0.717) is 24.6 Å². The van der Waals surface area contributed by atoms with Gasteiger partial charge < -0.3 is 18.9 Å². The summed E-state index contributed by atoms with van der Waals surface area (Å²) >= 11 is 0. The van der Waals surface area contributed by atoms with E-state index in [-0.39, 0.29) is 19.5 Å². The molecule has 0 aromatic heterocycles. The number of unbranched alkanes of at least 4 members (excludes halogenated alkanes) is 4. The van der Waals surface area contributed by atoms with Crippen molar-refractivity contribution in [3.8, 4) is 0 Å². The smallest absolute Gasteiger partial charge is 0.799 e. The fraction of sp³-hybridized carbons (Fsp3) is 1.00. The molecule has 0 amide bonds. The van der Waals surface area contributed by atoms with Gasteiger partial charge in [-0.25, -0.2) is 0 Å². The molecule has 0 aliphatic rings. The first-order valence-corrected chi connectivity index (χ1v) is 12.8. The maximum atomic E-state index is 11.2. The SMILES string of the molecule is CCCCP(=O)([O-])CCCC.CCCCP(=O)([O-])CCCC.[Zn+2]. The number of hydrogen-bond acceptors (Lipinski definition) is 4. The van der Waals surface area contributed by atoms with E-state index < -0.39 is 14.7 Å². The monoisotopic (exact) mass is 418 g/mol. The van der Waals surface area contributed by atoms with E-state index in [4.69, 9.17) is 0 Å². The Bertz CT molecular complexity index is 282. The third-order valence-corrected chi connectivity index (χ3v) is 7.40. The molecule has 0 bridgehead atoms. The molecule has 0 saturated carbocycles. The average molecular weight is 420 g/mol. The van der Waals surface area contributed by atoms with Gasteiger partial charge in [0.1, 0.15) is 0 Å². The van der Waals surface area contributed by atoms with E-state index in [0.717, 1.165) is 51.4 Å². The van der Waals surface area contributed by atoms with Crippen LogP contribution in [0.4, 0.5) is 0 Å². The van der Waals surface area contributed by atoms with Crippen molar-refractivity contribution in [2.45, 2.75) is 79.1 Å². The predicted octanol–water partition coefficient (Wildman–Crippen LogP) is 4.45.